The SMILES string of the molecule is Cc1c(Cl)cccc1Nc1ncnc2cc(OC(F)F)c(N3CC4(CN(C(=O)OC(C)(C)C)C4)OC3=O)cc12. The summed E-state index contributed by atoms with van der Waals surface area (Å²) in [6.07, 6.45) is 0.00308. The number of hydrogen-bond acceptors (Lipinski definition) is 8. The summed E-state index contributed by atoms with van der Waals surface area (Å²) < 4.78 is 42.5. The zero-order chi connectivity index (χ0) is 28.1. The van der Waals surface area contributed by atoms with Gasteiger partial charge < -0.3 is 19.5 Å². The lowest BCUT2D eigenvalue weighted by molar-refractivity contribution is -0.0779. The Hall–Kier alpha value is -3.93. The highest BCUT2D eigenvalue weighted by Gasteiger charge is 2.56. The van der Waals surface area contributed by atoms with Crippen LogP contribution in [-0.4, -0.2) is 64.5 Å². The number of carbonyl (C=O) groups excluding carboxylic acids is 2. The van der Waals surface area contributed by atoms with Gasteiger partial charge in [-0.1, -0.05) is 17.7 Å². The number of ether oxygens (including phenoxy) is 3. The normalized spacial score (nSPS) is 16.5. The molecule has 0 atom stereocenters. The van der Waals surface area contributed by atoms with Crippen molar-refractivity contribution in [2.24, 2.45) is 0 Å². The number of hydrogen-bond donors (Lipinski definition) is 1. The van der Waals surface area contributed by atoms with Gasteiger partial charge in [0, 0.05) is 22.2 Å². The second-order valence-electron chi connectivity index (χ2n) is 10.4. The van der Waals surface area contributed by atoms with Gasteiger partial charge in [0.2, 0.25) is 0 Å². The minimum absolute atomic E-state index is 0.0140. The van der Waals surface area contributed by atoms with Crippen LogP contribution in [0.4, 0.5) is 35.6 Å². The lowest BCUT2D eigenvalue weighted by Gasteiger charge is -2.45. The van der Waals surface area contributed by atoms with E-state index in [9.17, 15) is 18.4 Å². The summed E-state index contributed by atoms with van der Waals surface area (Å²) in [5.41, 5.74) is 0.163. The predicted molar refractivity (Wildman–Crippen MR) is 140 cm³/mol. The van der Waals surface area contributed by atoms with Gasteiger partial charge in [0.05, 0.1) is 30.8 Å². The van der Waals surface area contributed by atoms with E-state index in [2.05, 4.69) is 15.3 Å². The number of nitrogens with zero attached hydrogens (tertiary/aromatic N) is 4. The molecule has 5 rings (SSSR count). The molecule has 1 N–H and O–H groups in total. The molecule has 13 heteroatoms. The first-order valence-electron chi connectivity index (χ1n) is 12.1. The minimum Gasteiger partial charge on any atom is -0.444 e. The van der Waals surface area contributed by atoms with Crippen LogP contribution in [0.15, 0.2) is 36.7 Å². The topological polar surface area (TPSA) is 106 Å². The number of benzene rings is 2. The van der Waals surface area contributed by atoms with Crippen molar-refractivity contribution in [1.82, 2.24) is 14.9 Å². The molecule has 2 amide bonds. The molecule has 2 fully saturated rings. The maximum absolute atomic E-state index is 13.4. The summed E-state index contributed by atoms with van der Waals surface area (Å²) in [4.78, 5) is 36.5. The van der Waals surface area contributed by atoms with Crippen molar-refractivity contribution in [3.63, 3.8) is 0 Å². The fourth-order valence-corrected chi connectivity index (χ4v) is 4.70. The number of carbonyl (C=O) groups is 2. The Morgan fingerprint density at radius 2 is 1.95 bits per heavy atom. The molecule has 2 aliphatic rings. The molecular formula is C26H26ClF2N5O5. The number of alkyl halides is 2. The van der Waals surface area contributed by atoms with Crippen molar-refractivity contribution in [1.29, 1.82) is 0 Å². The number of rotatable bonds is 5. The fourth-order valence-electron chi connectivity index (χ4n) is 4.52. The number of nitrogens with one attached hydrogen (secondary N) is 1. The largest absolute Gasteiger partial charge is 0.444 e. The number of fused-ring (bicyclic) bond motifs is 1. The third-order valence-corrected chi connectivity index (χ3v) is 6.73. The highest BCUT2D eigenvalue weighted by atomic mass is 35.5. The first-order chi connectivity index (χ1) is 18.3. The lowest BCUT2D eigenvalue weighted by atomic mass is 9.94. The smallest absolute Gasteiger partial charge is 0.415 e. The summed E-state index contributed by atoms with van der Waals surface area (Å²) >= 11 is 6.25. The van der Waals surface area contributed by atoms with E-state index in [0.29, 0.717) is 27.4 Å². The van der Waals surface area contributed by atoms with E-state index in [1.807, 2.05) is 13.0 Å². The lowest BCUT2D eigenvalue weighted by Crippen LogP contribution is -2.66. The van der Waals surface area contributed by atoms with Crippen LogP contribution in [0.1, 0.15) is 26.3 Å². The van der Waals surface area contributed by atoms with Crippen molar-refractivity contribution < 1.29 is 32.6 Å². The van der Waals surface area contributed by atoms with Gasteiger partial charge in [0.25, 0.3) is 0 Å². The van der Waals surface area contributed by atoms with Crippen LogP contribution >= 0.6 is 11.6 Å². The monoisotopic (exact) mass is 561 g/mol. The molecule has 1 aromatic heterocycles. The Morgan fingerprint density at radius 3 is 2.64 bits per heavy atom. The van der Waals surface area contributed by atoms with E-state index in [4.69, 9.17) is 25.8 Å². The molecule has 3 heterocycles. The third kappa shape index (κ3) is 5.33. The number of halogens is 3. The van der Waals surface area contributed by atoms with Crippen LogP contribution in [0.25, 0.3) is 10.9 Å². The number of likely N-dealkylation sites (tertiary alicyclic amines) is 1. The summed E-state index contributed by atoms with van der Waals surface area (Å²) in [5, 5.41) is 4.21. The first-order valence-corrected chi connectivity index (χ1v) is 12.5. The highest BCUT2D eigenvalue weighted by Crippen LogP contribution is 2.42. The molecule has 0 saturated carbocycles. The summed E-state index contributed by atoms with van der Waals surface area (Å²) in [6, 6.07) is 8.17. The maximum atomic E-state index is 13.4. The van der Waals surface area contributed by atoms with E-state index in [-0.39, 0.29) is 31.1 Å². The van der Waals surface area contributed by atoms with Gasteiger partial charge >= 0.3 is 18.8 Å². The van der Waals surface area contributed by atoms with Gasteiger partial charge in [-0.05, 0) is 51.5 Å². The van der Waals surface area contributed by atoms with Gasteiger partial charge in [-0.2, -0.15) is 8.78 Å². The third-order valence-electron chi connectivity index (χ3n) is 6.32. The maximum Gasteiger partial charge on any atom is 0.415 e. The highest BCUT2D eigenvalue weighted by molar-refractivity contribution is 6.31. The molecular weight excluding hydrogens is 536 g/mol. The number of amides is 2. The molecule has 2 aliphatic heterocycles. The van der Waals surface area contributed by atoms with E-state index >= 15 is 0 Å². The Kier molecular flexibility index (Phi) is 6.61. The second-order valence-corrected chi connectivity index (χ2v) is 10.9. The van der Waals surface area contributed by atoms with Crippen LogP contribution in [0.2, 0.25) is 5.02 Å². The average molecular weight is 562 g/mol. The van der Waals surface area contributed by atoms with Gasteiger partial charge in [-0.15, -0.1) is 0 Å². The molecule has 0 aliphatic carbocycles. The zero-order valence-corrected chi connectivity index (χ0v) is 22.4. The molecule has 10 nitrogen and oxygen atoms in total. The zero-order valence-electron chi connectivity index (χ0n) is 21.6. The van der Waals surface area contributed by atoms with Crippen LogP contribution in [0, 0.1) is 6.92 Å². The molecule has 2 saturated heterocycles. The van der Waals surface area contributed by atoms with Gasteiger partial charge in [-0.3, -0.25) is 9.80 Å². The number of anilines is 3. The van der Waals surface area contributed by atoms with E-state index in [0.717, 1.165) is 5.56 Å². The van der Waals surface area contributed by atoms with Crippen molar-refractivity contribution in [2.75, 3.05) is 29.9 Å². The van der Waals surface area contributed by atoms with Crippen LogP contribution in [0.5, 0.6) is 5.75 Å². The molecule has 2 aromatic carbocycles. The average Bonchev–Trinajstić information content (AvgIpc) is 3.17. The molecule has 39 heavy (non-hydrogen) atoms. The molecule has 206 valence electrons. The summed E-state index contributed by atoms with van der Waals surface area (Å²) in [5.74, 6) is 0.121. The molecule has 0 unspecified atom stereocenters. The molecule has 0 radical (unpaired) electrons. The van der Waals surface area contributed by atoms with Crippen molar-refractivity contribution in [3.8, 4) is 5.75 Å². The summed E-state index contributed by atoms with van der Waals surface area (Å²) in [7, 11) is 0. The molecule has 0 bridgehead atoms. The van der Waals surface area contributed by atoms with Crippen LogP contribution in [0.3, 0.4) is 0 Å². The standard InChI is InChI=1S/C26H26ClF2N5O5/c1-14-16(27)6-5-7-17(14)32-21-15-8-19(20(37-22(28)29)9-18(15)30-13-31-21)34-12-26(39-24(34)36)10-33(11-26)23(35)38-25(2,3)4/h5-9,13,22H,10-12H2,1-4H3,(H,30,31,32). The first kappa shape index (κ1) is 26.7. The van der Waals surface area contributed by atoms with Crippen molar-refractivity contribution in [3.05, 3.63) is 47.2 Å². The second kappa shape index (κ2) is 9.67. The van der Waals surface area contributed by atoms with E-state index < -0.39 is 30.0 Å². The van der Waals surface area contributed by atoms with E-state index in [1.165, 1.54) is 28.3 Å². The Labute approximate surface area is 227 Å². The van der Waals surface area contributed by atoms with Crippen LogP contribution < -0.4 is 15.0 Å². The molecule has 1 spiro atoms. The summed E-state index contributed by atoms with van der Waals surface area (Å²) in [6.45, 7) is 4.17. The Bertz CT molecular complexity index is 1460. The quantitative estimate of drug-likeness (QED) is 0.411. The predicted octanol–water partition coefficient (Wildman–Crippen LogP) is 5.88. The van der Waals surface area contributed by atoms with Gasteiger partial charge in [0.15, 0.2) is 11.4 Å². The van der Waals surface area contributed by atoms with Gasteiger partial charge in [-0.25, -0.2) is 19.6 Å². The number of aromatic nitrogens is 2. The minimum atomic E-state index is -3.14. The Balaban J connectivity index is 1.47. The van der Waals surface area contributed by atoms with Crippen LogP contribution in [-0.2, 0) is 9.47 Å². The van der Waals surface area contributed by atoms with Crippen molar-refractivity contribution in [2.45, 2.75) is 45.5 Å². The van der Waals surface area contributed by atoms with E-state index in [1.54, 1.807) is 32.9 Å². The fraction of sp³-hybridized carbons (Fsp3) is 0.385. The van der Waals surface area contributed by atoms with Crippen molar-refractivity contribution >= 4 is 51.9 Å². The molecule has 3 aromatic rings. The van der Waals surface area contributed by atoms with Gasteiger partial charge in [0.1, 0.15) is 17.7 Å². The Morgan fingerprint density at radius 1 is 1.21 bits per heavy atom.